The van der Waals surface area contributed by atoms with Crippen LogP contribution in [-0.2, 0) is 9.84 Å². The fraction of sp³-hybridized carbons (Fsp3) is 0.889. The molecule has 1 aliphatic carbocycles. The van der Waals surface area contributed by atoms with Crippen LogP contribution in [0.4, 0.5) is 0 Å². The standard InChI is InChI=1S/C9H15NO2S/c1-13(11,12)7-9(6-10)8-4-2-3-5-8/h8-9H,2-5,7H2,1H3/t9-/m0/s1. The van der Waals surface area contributed by atoms with E-state index in [4.69, 9.17) is 5.26 Å². The monoisotopic (exact) mass is 201 g/mol. The highest BCUT2D eigenvalue weighted by Gasteiger charge is 2.27. The molecule has 1 rings (SSSR count). The van der Waals surface area contributed by atoms with Gasteiger partial charge in [0.2, 0.25) is 0 Å². The fourth-order valence-electron chi connectivity index (χ4n) is 1.96. The lowest BCUT2D eigenvalue weighted by Gasteiger charge is -2.14. The lowest BCUT2D eigenvalue weighted by molar-refractivity contribution is 0.441. The lowest BCUT2D eigenvalue weighted by atomic mass is 9.94. The summed E-state index contributed by atoms with van der Waals surface area (Å²) in [5.74, 6) is 0.0750. The Morgan fingerprint density at radius 2 is 2.00 bits per heavy atom. The maximum absolute atomic E-state index is 11.0. The Morgan fingerprint density at radius 3 is 2.38 bits per heavy atom. The van der Waals surface area contributed by atoms with E-state index < -0.39 is 9.84 Å². The van der Waals surface area contributed by atoms with Gasteiger partial charge in [-0.05, 0) is 18.8 Å². The molecule has 0 N–H and O–H groups in total. The number of hydrogen-bond acceptors (Lipinski definition) is 3. The Morgan fingerprint density at radius 1 is 1.46 bits per heavy atom. The highest BCUT2D eigenvalue weighted by Crippen LogP contribution is 2.31. The summed E-state index contributed by atoms with van der Waals surface area (Å²) in [5.41, 5.74) is 0. The van der Waals surface area contributed by atoms with E-state index in [9.17, 15) is 8.42 Å². The van der Waals surface area contributed by atoms with Crippen LogP contribution in [0, 0.1) is 23.2 Å². The minimum atomic E-state index is -3.00. The van der Waals surface area contributed by atoms with Crippen molar-refractivity contribution < 1.29 is 8.42 Å². The molecule has 0 amide bonds. The maximum atomic E-state index is 11.0. The van der Waals surface area contributed by atoms with Gasteiger partial charge in [-0.3, -0.25) is 0 Å². The average molecular weight is 201 g/mol. The van der Waals surface area contributed by atoms with Crippen LogP contribution in [0.1, 0.15) is 25.7 Å². The molecule has 0 bridgehead atoms. The molecule has 0 heterocycles. The van der Waals surface area contributed by atoms with Crippen molar-refractivity contribution in [3.05, 3.63) is 0 Å². The summed E-state index contributed by atoms with van der Waals surface area (Å²) in [6, 6.07) is 2.12. The second-order valence-electron chi connectivity index (χ2n) is 3.87. The van der Waals surface area contributed by atoms with Gasteiger partial charge in [0, 0.05) is 6.26 Å². The first kappa shape index (κ1) is 10.5. The first-order valence-corrected chi connectivity index (χ1v) is 6.66. The van der Waals surface area contributed by atoms with Crippen LogP contribution in [-0.4, -0.2) is 20.4 Å². The zero-order valence-corrected chi connectivity index (χ0v) is 8.68. The van der Waals surface area contributed by atoms with E-state index >= 15 is 0 Å². The molecule has 0 spiro atoms. The van der Waals surface area contributed by atoms with Gasteiger partial charge < -0.3 is 0 Å². The maximum Gasteiger partial charge on any atom is 0.148 e. The van der Waals surface area contributed by atoms with Crippen LogP contribution < -0.4 is 0 Å². The number of hydrogen-bond donors (Lipinski definition) is 0. The molecule has 1 saturated carbocycles. The molecule has 1 atom stereocenters. The fourth-order valence-corrected chi connectivity index (χ4v) is 2.96. The van der Waals surface area contributed by atoms with Gasteiger partial charge in [0.15, 0.2) is 0 Å². The molecule has 0 saturated heterocycles. The van der Waals surface area contributed by atoms with Gasteiger partial charge in [0.1, 0.15) is 9.84 Å². The SMILES string of the molecule is CS(=O)(=O)C[C@H](C#N)C1CCCC1. The Bertz CT molecular complexity index is 296. The van der Waals surface area contributed by atoms with Crippen molar-refractivity contribution in [1.29, 1.82) is 5.26 Å². The summed E-state index contributed by atoms with van der Waals surface area (Å²) in [6.07, 6.45) is 5.53. The quantitative estimate of drug-likeness (QED) is 0.692. The summed E-state index contributed by atoms with van der Waals surface area (Å²) in [7, 11) is -3.00. The van der Waals surface area contributed by atoms with Crippen LogP contribution in [0.15, 0.2) is 0 Å². The minimum Gasteiger partial charge on any atom is -0.229 e. The van der Waals surface area contributed by atoms with Crippen LogP contribution in [0.25, 0.3) is 0 Å². The largest absolute Gasteiger partial charge is 0.229 e. The Kier molecular flexibility index (Phi) is 3.32. The topological polar surface area (TPSA) is 57.9 Å². The van der Waals surface area contributed by atoms with Crippen molar-refractivity contribution in [3.63, 3.8) is 0 Å². The summed E-state index contributed by atoms with van der Waals surface area (Å²) >= 11 is 0. The Balaban J connectivity index is 2.58. The van der Waals surface area contributed by atoms with E-state index in [1.165, 1.54) is 6.26 Å². The molecule has 0 radical (unpaired) electrons. The smallest absolute Gasteiger partial charge is 0.148 e. The summed E-state index contributed by atoms with van der Waals surface area (Å²) < 4.78 is 22.0. The molecule has 0 aromatic carbocycles. The second-order valence-corrected chi connectivity index (χ2v) is 6.06. The van der Waals surface area contributed by atoms with Gasteiger partial charge in [-0.2, -0.15) is 5.26 Å². The van der Waals surface area contributed by atoms with E-state index in [1.54, 1.807) is 0 Å². The van der Waals surface area contributed by atoms with E-state index in [0.717, 1.165) is 25.7 Å². The van der Waals surface area contributed by atoms with E-state index in [1.807, 2.05) is 0 Å². The normalized spacial score (nSPS) is 21.2. The molecule has 1 aliphatic rings. The van der Waals surface area contributed by atoms with Crippen molar-refractivity contribution in [3.8, 4) is 6.07 Å². The molecule has 3 nitrogen and oxygen atoms in total. The predicted octanol–water partition coefficient (Wildman–Crippen LogP) is 1.36. The zero-order chi connectivity index (χ0) is 9.90. The van der Waals surface area contributed by atoms with E-state index in [0.29, 0.717) is 5.92 Å². The van der Waals surface area contributed by atoms with Crippen LogP contribution >= 0.6 is 0 Å². The molecule has 0 aromatic heterocycles. The molecular formula is C9H15NO2S. The zero-order valence-electron chi connectivity index (χ0n) is 7.86. The summed E-state index contributed by atoms with van der Waals surface area (Å²) in [5, 5.41) is 8.84. The molecule has 0 aromatic rings. The highest BCUT2D eigenvalue weighted by molar-refractivity contribution is 7.90. The second kappa shape index (κ2) is 4.10. The molecule has 0 unspecified atom stereocenters. The molecular weight excluding hydrogens is 186 g/mol. The van der Waals surface area contributed by atoms with Crippen molar-refractivity contribution in [2.75, 3.05) is 12.0 Å². The number of rotatable bonds is 3. The number of nitriles is 1. The molecule has 13 heavy (non-hydrogen) atoms. The number of sulfone groups is 1. The van der Waals surface area contributed by atoms with Crippen molar-refractivity contribution in [2.45, 2.75) is 25.7 Å². The molecule has 1 fully saturated rings. The van der Waals surface area contributed by atoms with Crippen molar-refractivity contribution >= 4 is 9.84 Å². The Hall–Kier alpha value is -0.560. The third-order valence-electron chi connectivity index (χ3n) is 2.62. The molecule has 4 heteroatoms. The molecule has 74 valence electrons. The van der Waals surface area contributed by atoms with Crippen LogP contribution in [0.2, 0.25) is 0 Å². The van der Waals surface area contributed by atoms with Crippen molar-refractivity contribution in [1.82, 2.24) is 0 Å². The minimum absolute atomic E-state index is 0.0359. The summed E-state index contributed by atoms with van der Waals surface area (Å²) in [6.45, 7) is 0. The van der Waals surface area contributed by atoms with Gasteiger partial charge in [0.05, 0.1) is 17.7 Å². The van der Waals surface area contributed by atoms with Gasteiger partial charge in [-0.1, -0.05) is 12.8 Å². The summed E-state index contributed by atoms with van der Waals surface area (Å²) in [4.78, 5) is 0. The van der Waals surface area contributed by atoms with Gasteiger partial charge in [0.25, 0.3) is 0 Å². The van der Waals surface area contributed by atoms with E-state index in [-0.39, 0.29) is 11.7 Å². The first-order chi connectivity index (χ1) is 6.03. The average Bonchev–Trinajstić information content (AvgIpc) is 2.50. The van der Waals surface area contributed by atoms with E-state index in [2.05, 4.69) is 6.07 Å². The third kappa shape index (κ3) is 3.35. The number of nitrogens with zero attached hydrogens (tertiary/aromatic N) is 1. The van der Waals surface area contributed by atoms with Gasteiger partial charge >= 0.3 is 0 Å². The van der Waals surface area contributed by atoms with Crippen molar-refractivity contribution in [2.24, 2.45) is 11.8 Å². The van der Waals surface area contributed by atoms with Gasteiger partial charge in [-0.15, -0.1) is 0 Å². The van der Waals surface area contributed by atoms with Crippen LogP contribution in [0.3, 0.4) is 0 Å². The predicted molar refractivity (Wildman–Crippen MR) is 50.8 cm³/mol. The molecule has 0 aliphatic heterocycles. The Labute approximate surface area is 79.7 Å². The lowest BCUT2D eigenvalue weighted by Crippen LogP contribution is -2.20. The first-order valence-electron chi connectivity index (χ1n) is 4.60. The van der Waals surface area contributed by atoms with Crippen LogP contribution in [0.5, 0.6) is 0 Å². The van der Waals surface area contributed by atoms with Gasteiger partial charge in [-0.25, -0.2) is 8.42 Å². The highest BCUT2D eigenvalue weighted by atomic mass is 32.2. The third-order valence-corrected chi connectivity index (χ3v) is 3.58.